The standard InChI is InChI=1S/C24H32N2O3/c1-18-15-26(16-19(2)29-18)17-21-6-10-22(11-7-21)24(27)25-14-4-5-20-8-12-23(28-3)13-9-20/h6-13,18-19H,4-5,14-17H2,1-3H3,(H,25,27). The molecule has 2 unspecified atom stereocenters. The van der Waals surface area contributed by atoms with Gasteiger partial charge >= 0.3 is 0 Å². The molecule has 1 fully saturated rings. The molecule has 1 aliphatic rings. The number of amides is 1. The van der Waals surface area contributed by atoms with Crippen LogP contribution < -0.4 is 10.1 Å². The monoisotopic (exact) mass is 396 g/mol. The van der Waals surface area contributed by atoms with E-state index in [-0.39, 0.29) is 18.1 Å². The molecular weight excluding hydrogens is 364 g/mol. The van der Waals surface area contributed by atoms with Crippen LogP contribution in [0.5, 0.6) is 5.75 Å². The molecule has 1 N–H and O–H groups in total. The molecule has 5 nitrogen and oxygen atoms in total. The third kappa shape index (κ3) is 6.58. The summed E-state index contributed by atoms with van der Waals surface area (Å²) in [5.74, 6) is 0.850. The smallest absolute Gasteiger partial charge is 0.251 e. The van der Waals surface area contributed by atoms with E-state index in [1.165, 1.54) is 11.1 Å². The zero-order valence-electron chi connectivity index (χ0n) is 17.7. The second kappa shape index (κ2) is 10.4. The van der Waals surface area contributed by atoms with Crippen molar-refractivity contribution in [2.45, 2.75) is 45.4 Å². The van der Waals surface area contributed by atoms with Gasteiger partial charge in [-0.05, 0) is 62.1 Å². The van der Waals surface area contributed by atoms with Crippen molar-refractivity contribution in [3.05, 3.63) is 65.2 Å². The number of methoxy groups -OCH3 is 1. The van der Waals surface area contributed by atoms with E-state index in [1.54, 1.807) is 7.11 Å². The van der Waals surface area contributed by atoms with Crippen molar-refractivity contribution >= 4 is 5.91 Å². The van der Waals surface area contributed by atoms with Crippen molar-refractivity contribution < 1.29 is 14.3 Å². The van der Waals surface area contributed by atoms with Crippen molar-refractivity contribution in [3.8, 4) is 5.75 Å². The molecule has 3 rings (SSSR count). The van der Waals surface area contributed by atoms with Crippen molar-refractivity contribution in [3.63, 3.8) is 0 Å². The van der Waals surface area contributed by atoms with Crippen LogP contribution >= 0.6 is 0 Å². The molecule has 1 saturated heterocycles. The van der Waals surface area contributed by atoms with Crippen LogP contribution in [0.25, 0.3) is 0 Å². The summed E-state index contributed by atoms with van der Waals surface area (Å²) in [7, 11) is 1.67. The minimum absolute atomic E-state index is 0.0140. The van der Waals surface area contributed by atoms with E-state index in [0.29, 0.717) is 12.1 Å². The van der Waals surface area contributed by atoms with Crippen molar-refractivity contribution in [1.82, 2.24) is 10.2 Å². The van der Waals surface area contributed by atoms with Gasteiger partial charge in [-0.1, -0.05) is 24.3 Å². The molecule has 0 bridgehead atoms. The SMILES string of the molecule is COc1ccc(CCCNC(=O)c2ccc(CN3CC(C)OC(C)C3)cc2)cc1. The Kier molecular flexibility index (Phi) is 7.67. The number of aryl methyl sites for hydroxylation is 1. The summed E-state index contributed by atoms with van der Waals surface area (Å²) in [4.78, 5) is 14.8. The molecule has 0 aromatic heterocycles. The third-order valence-corrected chi connectivity index (χ3v) is 5.20. The highest BCUT2D eigenvalue weighted by Gasteiger charge is 2.22. The fourth-order valence-corrected chi connectivity index (χ4v) is 3.82. The quantitative estimate of drug-likeness (QED) is 0.692. The van der Waals surface area contributed by atoms with Gasteiger partial charge in [-0.3, -0.25) is 9.69 Å². The molecule has 2 aromatic rings. The Balaban J connectivity index is 1.41. The van der Waals surface area contributed by atoms with Crippen LogP contribution in [0.4, 0.5) is 0 Å². The number of morpholine rings is 1. The van der Waals surface area contributed by atoms with Gasteiger partial charge in [0.1, 0.15) is 5.75 Å². The van der Waals surface area contributed by atoms with Crippen LogP contribution in [-0.4, -0.2) is 49.8 Å². The normalized spacial score (nSPS) is 19.7. The summed E-state index contributed by atoms with van der Waals surface area (Å²) in [5, 5.41) is 3.01. The summed E-state index contributed by atoms with van der Waals surface area (Å²) in [5.41, 5.74) is 3.18. The lowest BCUT2D eigenvalue weighted by atomic mass is 10.1. The molecule has 0 saturated carbocycles. The summed E-state index contributed by atoms with van der Waals surface area (Å²) in [6, 6.07) is 16.0. The van der Waals surface area contributed by atoms with Gasteiger partial charge in [0, 0.05) is 31.7 Å². The first-order valence-electron chi connectivity index (χ1n) is 10.4. The zero-order chi connectivity index (χ0) is 20.6. The number of carbonyl (C=O) groups is 1. The first kappa shape index (κ1) is 21.3. The average molecular weight is 397 g/mol. The molecular formula is C24H32N2O3. The van der Waals surface area contributed by atoms with Crippen LogP contribution in [0.2, 0.25) is 0 Å². The number of hydrogen-bond acceptors (Lipinski definition) is 4. The molecule has 1 heterocycles. The van der Waals surface area contributed by atoms with Gasteiger partial charge in [0.25, 0.3) is 5.91 Å². The fraction of sp³-hybridized carbons (Fsp3) is 0.458. The Labute approximate surface area is 174 Å². The third-order valence-electron chi connectivity index (χ3n) is 5.20. The minimum Gasteiger partial charge on any atom is -0.497 e. The van der Waals surface area contributed by atoms with Crippen LogP contribution in [-0.2, 0) is 17.7 Å². The van der Waals surface area contributed by atoms with E-state index in [4.69, 9.17) is 9.47 Å². The maximum atomic E-state index is 12.4. The highest BCUT2D eigenvalue weighted by Crippen LogP contribution is 2.15. The van der Waals surface area contributed by atoms with Gasteiger partial charge in [0.2, 0.25) is 0 Å². The molecule has 1 aliphatic heterocycles. The predicted molar refractivity (Wildman–Crippen MR) is 115 cm³/mol. The summed E-state index contributed by atoms with van der Waals surface area (Å²) < 4.78 is 11.0. The molecule has 29 heavy (non-hydrogen) atoms. The van der Waals surface area contributed by atoms with Crippen LogP contribution in [0.3, 0.4) is 0 Å². The van der Waals surface area contributed by atoms with E-state index in [1.807, 2.05) is 24.3 Å². The van der Waals surface area contributed by atoms with E-state index in [9.17, 15) is 4.79 Å². The van der Waals surface area contributed by atoms with Crippen molar-refractivity contribution in [2.75, 3.05) is 26.7 Å². The Morgan fingerprint density at radius 3 is 2.28 bits per heavy atom. The van der Waals surface area contributed by atoms with E-state index >= 15 is 0 Å². The number of ether oxygens (including phenoxy) is 2. The predicted octanol–water partition coefficient (Wildman–Crippen LogP) is 3.67. The maximum Gasteiger partial charge on any atom is 0.251 e. The van der Waals surface area contributed by atoms with Gasteiger partial charge in [0.15, 0.2) is 0 Å². The van der Waals surface area contributed by atoms with E-state index in [2.05, 4.69) is 48.3 Å². The van der Waals surface area contributed by atoms with Crippen LogP contribution in [0, 0.1) is 0 Å². The maximum absolute atomic E-state index is 12.4. The number of benzene rings is 2. The van der Waals surface area contributed by atoms with Gasteiger partial charge in [-0.25, -0.2) is 0 Å². The van der Waals surface area contributed by atoms with Gasteiger partial charge in [0.05, 0.1) is 19.3 Å². The Hall–Kier alpha value is -2.37. The van der Waals surface area contributed by atoms with Gasteiger partial charge < -0.3 is 14.8 Å². The van der Waals surface area contributed by atoms with Crippen LogP contribution in [0.15, 0.2) is 48.5 Å². The Morgan fingerprint density at radius 2 is 1.66 bits per heavy atom. The molecule has 156 valence electrons. The van der Waals surface area contributed by atoms with E-state index < -0.39 is 0 Å². The summed E-state index contributed by atoms with van der Waals surface area (Å²) in [6.45, 7) is 7.68. The number of carbonyl (C=O) groups excluding carboxylic acids is 1. The molecule has 0 aliphatic carbocycles. The Morgan fingerprint density at radius 1 is 1.03 bits per heavy atom. The Bertz CT molecular complexity index is 764. The van der Waals surface area contributed by atoms with Gasteiger partial charge in [-0.15, -0.1) is 0 Å². The lowest BCUT2D eigenvalue weighted by Crippen LogP contribution is -2.44. The largest absolute Gasteiger partial charge is 0.497 e. The molecule has 2 atom stereocenters. The molecule has 2 aromatic carbocycles. The fourth-order valence-electron chi connectivity index (χ4n) is 3.82. The summed E-state index contributed by atoms with van der Waals surface area (Å²) in [6.07, 6.45) is 2.37. The highest BCUT2D eigenvalue weighted by atomic mass is 16.5. The topological polar surface area (TPSA) is 50.8 Å². The first-order valence-corrected chi connectivity index (χ1v) is 10.4. The molecule has 1 amide bonds. The average Bonchev–Trinajstić information content (AvgIpc) is 2.71. The highest BCUT2D eigenvalue weighted by molar-refractivity contribution is 5.94. The summed E-state index contributed by atoms with van der Waals surface area (Å²) >= 11 is 0. The van der Waals surface area contributed by atoms with E-state index in [0.717, 1.165) is 38.2 Å². The lowest BCUT2D eigenvalue weighted by Gasteiger charge is -2.35. The zero-order valence-corrected chi connectivity index (χ0v) is 17.7. The number of nitrogens with one attached hydrogen (secondary N) is 1. The number of nitrogens with zero attached hydrogens (tertiary/aromatic N) is 1. The number of hydrogen-bond donors (Lipinski definition) is 1. The van der Waals surface area contributed by atoms with Crippen LogP contribution in [0.1, 0.15) is 41.8 Å². The second-order valence-corrected chi connectivity index (χ2v) is 7.86. The van der Waals surface area contributed by atoms with Crippen molar-refractivity contribution in [1.29, 1.82) is 0 Å². The van der Waals surface area contributed by atoms with Crippen molar-refractivity contribution in [2.24, 2.45) is 0 Å². The molecule has 5 heteroatoms. The molecule has 0 radical (unpaired) electrons. The number of rotatable bonds is 8. The first-order chi connectivity index (χ1) is 14.0. The van der Waals surface area contributed by atoms with Gasteiger partial charge in [-0.2, -0.15) is 0 Å². The second-order valence-electron chi connectivity index (χ2n) is 7.86. The lowest BCUT2D eigenvalue weighted by molar-refractivity contribution is -0.0704. The minimum atomic E-state index is -0.0140. The molecule has 0 spiro atoms.